The van der Waals surface area contributed by atoms with E-state index in [0.717, 1.165) is 0 Å². The first-order chi connectivity index (χ1) is 12.0. The van der Waals surface area contributed by atoms with Gasteiger partial charge in [-0.2, -0.15) is 26.3 Å². The van der Waals surface area contributed by atoms with Crippen molar-refractivity contribution in [2.75, 3.05) is 5.43 Å². The van der Waals surface area contributed by atoms with Crippen molar-refractivity contribution in [3.05, 3.63) is 22.8 Å². The minimum Gasteiger partial charge on any atom is -0.334 e. The first kappa shape index (κ1) is 20.4. The number of aromatic nitrogens is 1. The Balaban J connectivity index is 1.87. The molecule has 1 fully saturated rings. The number of anilines is 1. The second kappa shape index (κ2) is 7.77. The van der Waals surface area contributed by atoms with Crippen LogP contribution in [0, 0.1) is 5.92 Å². The van der Waals surface area contributed by atoms with Crippen LogP contribution in [-0.4, -0.2) is 23.2 Å². The Hall–Kier alpha value is -1.91. The van der Waals surface area contributed by atoms with Crippen molar-refractivity contribution >= 4 is 23.4 Å². The van der Waals surface area contributed by atoms with E-state index in [4.69, 9.17) is 11.6 Å². The van der Waals surface area contributed by atoms with Crippen LogP contribution < -0.4 is 16.2 Å². The lowest BCUT2D eigenvalue weighted by Crippen LogP contribution is -2.47. The lowest BCUT2D eigenvalue weighted by Gasteiger charge is -2.31. The number of rotatable bonds is 3. The minimum absolute atomic E-state index is 0.0205. The number of urea groups is 1. The molecule has 146 valence electrons. The number of nitrogens with one attached hydrogen (secondary N) is 3. The Kier molecular flexibility index (Phi) is 6.09. The molecule has 2 rings (SSSR count). The summed E-state index contributed by atoms with van der Waals surface area (Å²) in [5, 5.41) is 2.00. The van der Waals surface area contributed by atoms with Crippen LogP contribution in [0.15, 0.2) is 12.3 Å². The summed E-state index contributed by atoms with van der Waals surface area (Å²) in [5.74, 6) is -1.70. The summed E-state index contributed by atoms with van der Waals surface area (Å²) >= 11 is 5.66. The van der Waals surface area contributed by atoms with Crippen LogP contribution in [0.5, 0.6) is 0 Å². The maximum absolute atomic E-state index is 12.7. The summed E-state index contributed by atoms with van der Waals surface area (Å²) in [6.45, 7) is 0. The van der Waals surface area contributed by atoms with Crippen LogP contribution in [0.2, 0.25) is 5.02 Å². The van der Waals surface area contributed by atoms with Gasteiger partial charge in [0.05, 0.1) is 16.5 Å². The van der Waals surface area contributed by atoms with Crippen molar-refractivity contribution in [3.8, 4) is 0 Å². The van der Waals surface area contributed by atoms with E-state index >= 15 is 0 Å². The topological polar surface area (TPSA) is 66.0 Å². The van der Waals surface area contributed by atoms with Gasteiger partial charge in [-0.15, -0.1) is 0 Å². The van der Waals surface area contributed by atoms with Crippen molar-refractivity contribution in [1.82, 2.24) is 15.7 Å². The molecule has 0 aromatic carbocycles. The third kappa shape index (κ3) is 5.55. The molecule has 2 amide bonds. The summed E-state index contributed by atoms with van der Waals surface area (Å²) in [6, 6.07) is -0.866. The second-order valence-corrected chi connectivity index (χ2v) is 6.28. The summed E-state index contributed by atoms with van der Waals surface area (Å²) < 4.78 is 75.7. The minimum atomic E-state index is -4.62. The maximum Gasteiger partial charge on any atom is 0.417 e. The molecular weight excluding hydrogens is 390 g/mol. The Labute approximate surface area is 149 Å². The zero-order valence-corrected chi connectivity index (χ0v) is 13.9. The van der Waals surface area contributed by atoms with E-state index < -0.39 is 35.9 Å². The van der Waals surface area contributed by atoms with Gasteiger partial charge in [-0.25, -0.2) is 9.78 Å². The monoisotopic (exact) mass is 404 g/mol. The van der Waals surface area contributed by atoms with Gasteiger partial charge in [0.25, 0.3) is 0 Å². The van der Waals surface area contributed by atoms with Gasteiger partial charge >= 0.3 is 18.4 Å². The Morgan fingerprint density at radius 1 is 1.19 bits per heavy atom. The quantitative estimate of drug-likeness (QED) is 0.513. The number of pyridine rings is 1. The molecule has 1 aliphatic carbocycles. The summed E-state index contributed by atoms with van der Waals surface area (Å²) in [5.41, 5.74) is 3.26. The predicted molar refractivity (Wildman–Crippen MR) is 81.3 cm³/mol. The van der Waals surface area contributed by atoms with Crippen LogP contribution in [0.3, 0.4) is 0 Å². The molecule has 12 heteroatoms. The van der Waals surface area contributed by atoms with E-state index in [1.54, 1.807) is 0 Å². The molecule has 1 aliphatic rings. The normalized spacial score (nSPS) is 21.2. The number of hydrogen-bond donors (Lipinski definition) is 3. The zero-order chi connectivity index (χ0) is 19.5. The molecule has 26 heavy (non-hydrogen) atoms. The fourth-order valence-corrected chi connectivity index (χ4v) is 2.85. The van der Waals surface area contributed by atoms with Crippen molar-refractivity contribution in [2.45, 2.75) is 44.1 Å². The number of carbonyl (C=O) groups excluding carboxylic acids is 1. The molecular formula is C14H15ClF6N4O. The van der Waals surface area contributed by atoms with Gasteiger partial charge in [0.15, 0.2) is 5.82 Å². The number of hydrazine groups is 1. The van der Waals surface area contributed by atoms with Gasteiger partial charge in [-0.3, -0.25) is 10.9 Å². The van der Waals surface area contributed by atoms with Crippen LogP contribution in [-0.2, 0) is 6.18 Å². The summed E-state index contributed by atoms with van der Waals surface area (Å²) in [7, 11) is 0. The standard InChI is InChI=1S/C14H15ClF6N4O/c15-10-5-8(14(19,20)21)6-22-11(10)24-25-12(26)23-9-3-1-2-7(4-9)13(16,17)18/h5-7,9H,1-4H2,(H,22,24)(H2,23,25,26)/t7-,9+/m0/s1. The van der Waals surface area contributed by atoms with Crippen LogP contribution in [0.4, 0.5) is 37.0 Å². The van der Waals surface area contributed by atoms with Crippen molar-refractivity contribution < 1.29 is 31.1 Å². The molecule has 5 nitrogen and oxygen atoms in total. The smallest absolute Gasteiger partial charge is 0.334 e. The Bertz CT molecular complexity index is 651. The summed E-state index contributed by atoms with van der Waals surface area (Å²) in [4.78, 5) is 15.2. The zero-order valence-electron chi connectivity index (χ0n) is 13.1. The van der Waals surface area contributed by atoms with Crippen LogP contribution >= 0.6 is 11.6 Å². The van der Waals surface area contributed by atoms with Gasteiger partial charge in [0.1, 0.15) is 0 Å². The fraction of sp³-hybridized carbons (Fsp3) is 0.571. The number of carbonyl (C=O) groups is 1. The van der Waals surface area contributed by atoms with E-state index in [-0.39, 0.29) is 23.7 Å². The van der Waals surface area contributed by atoms with E-state index in [1.165, 1.54) is 0 Å². The number of alkyl halides is 6. The van der Waals surface area contributed by atoms with Crippen LogP contribution in [0.25, 0.3) is 0 Å². The lowest BCUT2D eigenvalue weighted by molar-refractivity contribution is -0.183. The third-order valence-electron chi connectivity index (χ3n) is 3.94. The second-order valence-electron chi connectivity index (χ2n) is 5.88. The highest BCUT2D eigenvalue weighted by Crippen LogP contribution is 2.37. The Morgan fingerprint density at radius 3 is 2.46 bits per heavy atom. The highest BCUT2D eigenvalue weighted by Gasteiger charge is 2.42. The van der Waals surface area contributed by atoms with Gasteiger partial charge in [-0.05, 0) is 25.3 Å². The summed E-state index contributed by atoms with van der Waals surface area (Å²) in [6.07, 6.45) is -7.87. The SMILES string of the molecule is O=C(NNc1ncc(C(F)(F)F)cc1Cl)N[C@@H]1CCC[C@H](C(F)(F)F)C1. The predicted octanol–water partition coefficient (Wildman–Crippen LogP) is 4.50. The van der Waals surface area contributed by atoms with Gasteiger partial charge in [-0.1, -0.05) is 18.0 Å². The van der Waals surface area contributed by atoms with E-state index in [2.05, 4.69) is 21.2 Å². The molecule has 0 saturated heterocycles. The first-order valence-electron chi connectivity index (χ1n) is 7.59. The molecule has 0 aliphatic heterocycles. The number of amides is 2. The molecule has 0 spiro atoms. The largest absolute Gasteiger partial charge is 0.417 e. The van der Waals surface area contributed by atoms with E-state index in [1.807, 2.05) is 0 Å². The Morgan fingerprint density at radius 2 is 1.88 bits per heavy atom. The number of nitrogens with zero attached hydrogens (tertiary/aromatic N) is 1. The molecule has 1 heterocycles. The molecule has 3 N–H and O–H groups in total. The molecule has 2 atom stereocenters. The average molecular weight is 405 g/mol. The van der Waals surface area contributed by atoms with Gasteiger partial charge < -0.3 is 5.32 Å². The molecule has 0 bridgehead atoms. The third-order valence-corrected chi connectivity index (χ3v) is 4.22. The van der Waals surface area contributed by atoms with Gasteiger partial charge in [0, 0.05) is 12.2 Å². The highest BCUT2D eigenvalue weighted by molar-refractivity contribution is 6.33. The number of hydrogen-bond acceptors (Lipinski definition) is 3. The highest BCUT2D eigenvalue weighted by atomic mass is 35.5. The maximum atomic E-state index is 12.7. The van der Waals surface area contributed by atoms with E-state index in [9.17, 15) is 31.1 Å². The van der Waals surface area contributed by atoms with Crippen molar-refractivity contribution in [2.24, 2.45) is 5.92 Å². The van der Waals surface area contributed by atoms with E-state index in [0.29, 0.717) is 25.1 Å². The molecule has 1 aromatic heterocycles. The molecule has 1 aromatic rings. The van der Waals surface area contributed by atoms with Crippen LogP contribution in [0.1, 0.15) is 31.2 Å². The first-order valence-corrected chi connectivity index (χ1v) is 7.96. The molecule has 0 unspecified atom stereocenters. The van der Waals surface area contributed by atoms with Gasteiger partial charge in [0.2, 0.25) is 0 Å². The molecule has 0 radical (unpaired) electrons. The average Bonchev–Trinajstić information content (AvgIpc) is 2.52. The molecule has 1 saturated carbocycles. The number of halogens is 7. The van der Waals surface area contributed by atoms with Crippen molar-refractivity contribution in [1.29, 1.82) is 0 Å². The van der Waals surface area contributed by atoms with Crippen molar-refractivity contribution in [3.63, 3.8) is 0 Å². The lowest BCUT2D eigenvalue weighted by atomic mass is 9.85. The fourth-order valence-electron chi connectivity index (χ4n) is 2.64.